The third-order valence-electron chi connectivity index (χ3n) is 3.22. The van der Waals surface area contributed by atoms with Crippen LogP contribution in [0.5, 0.6) is 11.5 Å². The number of piperazine rings is 1. The number of nitrogens with one attached hydrogen (secondary N) is 1. The van der Waals surface area contributed by atoms with Crippen LogP contribution in [0.1, 0.15) is 0 Å². The molecule has 2 aliphatic heterocycles. The molecule has 1 aromatic rings. The van der Waals surface area contributed by atoms with Crippen LogP contribution in [-0.2, 0) is 0 Å². The van der Waals surface area contributed by atoms with Gasteiger partial charge in [-0.15, -0.1) is 0 Å². The summed E-state index contributed by atoms with van der Waals surface area (Å²) < 4.78 is 11.3. The lowest BCUT2D eigenvalue weighted by Crippen LogP contribution is -2.56. The molecule has 1 saturated heterocycles. The molecule has 0 radical (unpaired) electrons. The zero-order valence-electron chi connectivity index (χ0n) is 10.1. The van der Waals surface area contributed by atoms with Crippen molar-refractivity contribution in [1.29, 1.82) is 0 Å². The lowest BCUT2D eigenvalue weighted by molar-refractivity contribution is 0.0961. The molecule has 0 amide bonds. The third-order valence-corrected chi connectivity index (χ3v) is 3.22. The van der Waals surface area contributed by atoms with Crippen LogP contribution in [0, 0.1) is 0 Å². The zero-order valence-corrected chi connectivity index (χ0v) is 10.1. The third kappa shape index (κ3) is 1.98. The maximum atomic E-state index is 6.11. The van der Waals surface area contributed by atoms with Crippen molar-refractivity contribution in [3.8, 4) is 11.5 Å². The molecule has 0 saturated carbocycles. The van der Waals surface area contributed by atoms with Crippen LogP contribution in [0.15, 0.2) is 18.2 Å². The summed E-state index contributed by atoms with van der Waals surface area (Å²) in [6.45, 7) is 2.89. The number of hydrogen-bond acceptors (Lipinski definition) is 6. The second-order valence-corrected chi connectivity index (χ2v) is 4.54. The summed E-state index contributed by atoms with van der Waals surface area (Å²) in [6, 6.07) is 5.83. The quantitative estimate of drug-likeness (QED) is 0.619. The van der Waals surface area contributed by atoms with Gasteiger partial charge in [0.05, 0.1) is 11.9 Å². The highest BCUT2D eigenvalue weighted by Gasteiger charge is 2.27. The molecule has 5 N–H and O–H groups in total. The molecule has 6 nitrogen and oxygen atoms in total. The summed E-state index contributed by atoms with van der Waals surface area (Å²) in [5, 5.41) is 3.26. The van der Waals surface area contributed by atoms with Crippen molar-refractivity contribution in [2.75, 3.05) is 31.1 Å². The summed E-state index contributed by atoms with van der Waals surface area (Å²) in [7, 11) is 0. The van der Waals surface area contributed by atoms with E-state index in [0.29, 0.717) is 12.4 Å². The average molecular weight is 250 g/mol. The summed E-state index contributed by atoms with van der Waals surface area (Å²) in [5.74, 6) is 1.44. The highest BCUT2D eigenvalue weighted by Crippen LogP contribution is 2.40. The van der Waals surface area contributed by atoms with E-state index in [2.05, 4.69) is 10.2 Å². The van der Waals surface area contributed by atoms with Crippen molar-refractivity contribution in [2.24, 2.45) is 11.5 Å². The Balaban J connectivity index is 1.96. The topological polar surface area (TPSA) is 85.8 Å². The van der Waals surface area contributed by atoms with Gasteiger partial charge < -0.3 is 25.4 Å². The Morgan fingerprint density at radius 1 is 1.33 bits per heavy atom. The standard InChI is InChI=1S/C12H18N4O2/c13-10-6-15-4-5-16(10)8-2-1-3-9-12(8)18-11(14)7-17-9/h1-3,10-11,15H,4-7,13-14H2. The Bertz CT molecular complexity index is 440. The molecule has 2 aliphatic rings. The fourth-order valence-corrected chi connectivity index (χ4v) is 2.34. The second-order valence-electron chi connectivity index (χ2n) is 4.54. The van der Waals surface area contributed by atoms with E-state index in [1.165, 1.54) is 0 Å². The van der Waals surface area contributed by atoms with Gasteiger partial charge in [-0.2, -0.15) is 0 Å². The van der Waals surface area contributed by atoms with Gasteiger partial charge in [-0.3, -0.25) is 5.73 Å². The molecule has 6 heteroatoms. The van der Waals surface area contributed by atoms with Crippen molar-refractivity contribution in [2.45, 2.75) is 12.4 Å². The minimum Gasteiger partial charge on any atom is -0.484 e. The van der Waals surface area contributed by atoms with Crippen LogP contribution in [0.25, 0.3) is 0 Å². The van der Waals surface area contributed by atoms with E-state index in [9.17, 15) is 0 Å². The van der Waals surface area contributed by atoms with Crippen molar-refractivity contribution < 1.29 is 9.47 Å². The first-order valence-corrected chi connectivity index (χ1v) is 6.16. The van der Waals surface area contributed by atoms with E-state index >= 15 is 0 Å². The molecule has 0 bridgehead atoms. The molecule has 1 fully saturated rings. The molecular weight excluding hydrogens is 232 g/mol. The fraction of sp³-hybridized carbons (Fsp3) is 0.500. The predicted octanol–water partition coefficient (Wildman–Crippen LogP) is -0.563. The molecule has 0 aliphatic carbocycles. The number of hydrogen-bond donors (Lipinski definition) is 3. The smallest absolute Gasteiger partial charge is 0.187 e. The summed E-state index contributed by atoms with van der Waals surface area (Å²) >= 11 is 0. The van der Waals surface area contributed by atoms with Gasteiger partial charge in [0.1, 0.15) is 6.61 Å². The molecule has 2 unspecified atom stereocenters. The molecule has 18 heavy (non-hydrogen) atoms. The normalized spacial score (nSPS) is 27.1. The maximum absolute atomic E-state index is 6.11. The van der Waals surface area contributed by atoms with Crippen molar-refractivity contribution in [3.05, 3.63) is 18.2 Å². The molecule has 0 spiro atoms. The molecule has 98 valence electrons. The molecule has 0 aromatic heterocycles. The summed E-state index contributed by atoms with van der Waals surface area (Å²) in [4.78, 5) is 2.12. The number of ether oxygens (including phenoxy) is 2. The first-order chi connectivity index (χ1) is 8.75. The molecule has 3 rings (SSSR count). The monoisotopic (exact) mass is 250 g/mol. The molecular formula is C12H18N4O2. The maximum Gasteiger partial charge on any atom is 0.187 e. The Hall–Kier alpha value is -1.50. The zero-order chi connectivity index (χ0) is 12.5. The van der Waals surface area contributed by atoms with E-state index in [1.54, 1.807) is 0 Å². The van der Waals surface area contributed by atoms with Crippen LogP contribution in [0.4, 0.5) is 5.69 Å². The first kappa shape index (κ1) is 11.6. The Morgan fingerprint density at radius 2 is 2.22 bits per heavy atom. The van der Waals surface area contributed by atoms with E-state index in [0.717, 1.165) is 31.1 Å². The lowest BCUT2D eigenvalue weighted by atomic mass is 10.2. The van der Waals surface area contributed by atoms with Crippen LogP contribution in [-0.4, -0.2) is 38.6 Å². The van der Waals surface area contributed by atoms with Gasteiger partial charge in [-0.05, 0) is 12.1 Å². The SMILES string of the molecule is NC1COc2cccc(N3CCNCC3N)c2O1. The minimum absolute atomic E-state index is 0.0630. The van der Waals surface area contributed by atoms with E-state index in [-0.39, 0.29) is 6.17 Å². The molecule has 2 heterocycles. The second kappa shape index (κ2) is 4.64. The fourth-order valence-electron chi connectivity index (χ4n) is 2.34. The van der Waals surface area contributed by atoms with Gasteiger partial charge >= 0.3 is 0 Å². The van der Waals surface area contributed by atoms with E-state index in [1.807, 2.05) is 18.2 Å². The number of nitrogens with two attached hydrogens (primary N) is 2. The van der Waals surface area contributed by atoms with Crippen molar-refractivity contribution in [3.63, 3.8) is 0 Å². The predicted molar refractivity (Wildman–Crippen MR) is 68.7 cm³/mol. The van der Waals surface area contributed by atoms with E-state index < -0.39 is 6.23 Å². The number of nitrogens with zero attached hydrogens (tertiary/aromatic N) is 1. The van der Waals surface area contributed by atoms with Crippen LogP contribution >= 0.6 is 0 Å². The van der Waals surface area contributed by atoms with Crippen LogP contribution in [0.2, 0.25) is 0 Å². The Morgan fingerprint density at radius 3 is 3.06 bits per heavy atom. The van der Waals surface area contributed by atoms with Crippen LogP contribution < -0.4 is 31.2 Å². The minimum atomic E-state index is -0.419. The molecule has 1 aromatic carbocycles. The van der Waals surface area contributed by atoms with Gasteiger partial charge in [0.25, 0.3) is 0 Å². The summed E-state index contributed by atoms with van der Waals surface area (Å²) in [5.41, 5.74) is 12.8. The number of para-hydroxylation sites is 1. The first-order valence-electron chi connectivity index (χ1n) is 6.16. The van der Waals surface area contributed by atoms with Gasteiger partial charge in [0, 0.05) is 19.6 Å². The average Bonchev–Trinajstić information content (AvgIpc) is 2.39. The molecule has 2 atom stereocenters. The highest BCUT2D eigenvalue weighted by molar-refractivity contribution is 5.66. The largest absolute Gasteiger partial charge is 0.484 e. The van der Waals surface area contributed by atoms with Crippen LogP contribution in [0.3, 0.4) is 0 Å². The number of fused-ring (bicyclic) bond motifs is 1. The Kier molecular flexibility index (Phi) is 2.99. The van der Waals surface area contributed by atoms with E-state index in [4.69, 9.17) is 20.9 Å². The van der Waals surface area contributed by atoms with Gasteiger partial charge in [-0.25, -0.2) is 0 Å². The van der Waals surface area contributed by atoms with Crippen molar-refractivity contribution in [1.82, 2.24) is 5.32 Å². The van der Waals surface area contributed by atoms with Gasteiger partial charge in [0.15, 0.2) is 17.7 Å². The van der Waals surface area contributed by atoms with Gasteiger partial charge in [-0.1, -0.05) is 6.07 Å². The number of benzene rings is 1. The van der Waals surface area contributed by atoms with Crippen molar-refractivity contribution >= 4 is 5.69 Å². The number of anilines is 1. The Labute approximate surface area is 106 Å². The number of rotatable bonds is 1. The van der Waals surface area contributed by atoms with Gasteiger partial charge in [0.2, 0.25) is 0 Å². The lowest BCUT2D eigenvalue weighted by Gasteiger charge is -2.37. The highest BCUT2D eigenvalue weighted by atomic mass is 16.6. The summed E-state index contributed by atoms with van der Waals surface area (Å²) in [6.07, 6.45) is -0.482.